The van der Waals surface area contributed by atoms with E-state index in [1.165, 1.54) is 0 Å². The molecule has 1 aliphatic rings. The minimum Gasteiger partial charge on any atom is -0.381 e. The van der Waals surface area contributed by atoms with E-state index >= 15 is 0 Å². The highest BCUT2D eigenvalue weighted by Gasteiger charge is 2.19. The first kappa shape index (κ1) is 10.1. The number of H-pyrrole nitrogens is 1. The lowest BCUT2D eigenvalue weighted by Crippen LogP contribution is -2.15. The van der Waals surface area contributed by atoms with Gasteiger partial charge in [-0.2, -0.15) is 0 Å². The molecule has 0 atom stereocenters. The summed E-state index contributed by atoms with van der Waals surface area (Å²) in [6.45, 7) is 1.67. The first-order valence-electron chi connectivity index (χ1n) is 5.56. The van der Waals surface area contributed by atoms with Crippen LogP contribution in [0.2, 0.25) is 5.02 Å². The molecule has 16 heavy (non-hydrogen) atoms. The zero-order chi connectivity index (χ0) is 11.0. The number of aromatic amines is 1. The Labute approximate surface area is 98.8 Å². The summed E-state index contributed by atoms with van der Waals surface area (Å²) >= 11 is 5.95. The van der Waals surface area contributed by atoms with Crippen LogP contribution in [0.1, 0.15) is 24.6 Å². The summed E-state index contributed by atoms with van der Waals surface area (Å²) in [5.74, 6) is 1.57. The predicted molar refractivity (Wildman–Crippen MR) is 63.9 cm³/mol. The molecule has 2 aromatic rings. The SMILES string of the molecule is Clc1ccc2nc(C3CCOCC3)[nH]c2c1. The van der Waals surface area contributed by atoms with Gasteiger partial charge in [-0.3, -0.25) is 0 Å². The molecule has 84 valence electrons. The Hall–Kier alpha value is -1.06. The number of nitrogens with zero attached hydrogens (tertiary/aromatic N) is 1. The highest BCUT2D eigenvalue weighted by molar-refractivity contribution is 6.31. The van der Waals surface area contributed by atoms with Crippen LogP contribution in [0.4, 0.5) is 0 Å². The maximum absolute atomic E-state index is 5.95. The fourth-order valence-corrected chi connectivity index (χ4v) is 2.34. The number of aromatic nitrogens is 2. The van der Waals surface area contributed by atoms with Crippen molar-refractivity contribution in [2.75, 3.05) is 13.2 Å². The second kappa shape index (κ2) is 4.07. The third-order valence-electron chi connectivity index (χ3n) is 3.07. The van der Waals surface area contributed by atoms with E-state index in [0.717, 1.165) is 47.9 Å². The molecule has 0 amide bonds. The van der Waals surface area contributed by atoms with Crippen molar-refractivity contribution in [2.24, 2.45) is 0 Å². The molecular weight excluding hydrogens is 224 g/mol. The van der Waals surface area contributed by atoms with Gasteiger partial charge in [-0.15, -0.1) is 0 Å². The number of nitrogens with one attached hydrogen (secondary N) is 1. The Balaban J connectivity index is 1.97. The summed E-state index contributed by atoms with van der Waals surface area (Å²) in [4.78, 5) is 7.96. The molecule has 1 aromatic heterocycles. The molecule has 0 radical (unpaired) electrons. The maximum Gasteiger partial charge on any atom is 0.110 e. The van der Waals surface area contributed by atoms with Crippen LogP contribution in [0, 0.1) is 0 Å². The van der Waals surface area contributed by atoms with Crippen LogP contribution >= 0.6 is 11.6 Å². The zero-order valence-corrected chi connectivity index (χ0v) is 9.63. The lowest BCUT2D eigenvalue weighted by Gasteiger charge is -2.19. The van der Waals surface area contributed by atoms with E-state index in [1.807, 2.05) is 18.2 Å². The van der Waals surface area contributed by atoms with Gasteiger partial charge in [0.05, 0.1) is 11.0 Å². The summed E-state index contributed by atoms with van der Waals surface area (Å²) in [7, 11) is 0. The second-order valence-corrected chi connectivity index (χ2v) is 4.61. The quantitative estimate of drug-likeness (QED) is 0.826. The topological polar surface area (TPSA) is 37.9 Å². The Kier molecular flexibility index (Phi) is 2.58. The van der Waals surface area contributed by atoms with Gasteiger partial charge in [0.25, 0.3) is 0 Å². The minimum absolute atomic E-state index is 0.500. The molecule has 0 aliphatic carbocycles. The van der Waals surface area contributed by atoms with Gasteiger partial charge >= 0.3 is 0 Å². The van der Waals surface area contributed by atoms with Crippen LogP contribution in [0.25, 0.3) is 11.0 Å². The number of benzene rings is 1. The summed E-state index contributed by atoms with van der Waals surface area (Å²) in [5.41, 5.74) is 2.01. The van der Waals surface area contributed by atoms with Gasteiger partial charge in [-0.25, -0.2) is 4.98 Å². The average molecular weight is 237 g/mol. The number of rotatable bonds is 1. The van der Waals surface area contributed by atoms with Gasteiger partial charge in [0.1, 0.15) is 5.82 Å². The van der Waals surface area contributed by atoms with Crippen LogP contribution < -0.4 is 0 Å². The molecule has 1 aliphatic heterocycles. The maximum atomic E-state index is 5.95. The van der Waals surface area contributed by atoms with E-state index < -0.39 is 0 Å². The molecule has 1 saturated heterocycles. The Morgan fingerprint density at radius 1 is 1.31 bits per heavy atom. The van der Waals surface area contributed by atoms with Crippen molar-refractivity contribution in [1.29, 1.82) is 0 Å². The molecule has 0 saturated carbocycles. The zero-order valence-electron chi connectivity index (χ0n) is 8.87. The highest BCUT2D eigenvalue weighted by atomic mass is 35.5. The third kappa shape index (κ3) is 1.81. The van der Waals surface area contributed by atoms with Crippen LogP contribution in [0.3, 0.4) is 0 Å². The van der Waals surface area contributed by atoms with Crippen molar-refractivity contribution in [3.8, 4) is 0 Å². The molecule has 0 bridgehead atoms. The van der Waals surface area contributed by atoms with Crippen molar-refractivity contribution < 1.29 is 4.74 Å². The lowest BCUT2D eigenvalue weighted by molar-refractivity contribution is 0.0838. The molecule has 1 N–H and O–H groups in total. The fourth-order valence-electron chi connectivity index (χ4n) is 2.17. The molecule has 1 fully saturated rings. The fraction of sp³-hybridized carbons (Fsp3) is 0.417. The molecule has 1 aromatic carbocycles. The van der Waals surface area contributed by atoms with Crippen molar-refractivity contribution >= 4 is 22.6 Å². The van der Waals surface area contributed by atoms with Crippen LogP contribution in [0.5, 0.6) is 0 Å². The number of hydrogen-bond donors (Lipinski definition) is 1. The Morgan fingerprint density at radius 2 is 2.12 bits per heavy atom. The van der Waals surface area contributed by atoms with Crippen molar-refractivity contribution in [1.82, 2.24) is 9.97 Å². The summed E-state index contributed by atoms with van der Waals surface area (Å²) in [6, 6.07) is 5.75. The third-order valence-corrected chi connectivity index (χ3v) is 3.31. The van der Waals surface area contributed by atoms with Gasteiger partial charge in [0, 0.05) is 24.2 Å². The Morgan fingerprint density at radius 3 is 2.94 bits per heavy atom. The second-order valence-electron chi connectivity index (χ2n) is 4.17. The molecule has 0 unspecified atom stereocenters. The largest absolute Gasteiger partial charge is 0.381 e. The van der Waals surface area contributed by atoms with E-state index in [4.69, 9.17) is 16.3 Å². The number of fused-ring (bicyclic) bond motifs is 1. The highest BCUT2D eigenvalue weighted by Crippen LogP contribution is 2.27. The van der Waals surface area contributed by atoms with Gasteiger partial charge in [0.2, 0.25) is 0 Å². The van der Waals surface area contributed by atoms with Gasteiger partial charge in [-0.1, -0.05) is 11.6 Å². The predicted octanol–water partition coefficient (Wildman–Crippen LogP) is 3.11. The molecule has 4 heteroatoms. The molecule has 3 rings (SSSR count). The standard InChI is InChI=1S/C12H13ClN2O/c13-9-1-2-10-11(7-9)15-12(14-10)8-3-5-16-6-4-8/h1-2,7-8H,3-6H2,(H,14,15). The smallest absolute Gasteiger partial charge is 0.110 e. The van der Waals surface area contributed by atoms with Crippen molar-refractivity contribution in [2.45, 2.75) is 18.8 Å². The van der Waals surface area contributed by atoms with Gasteiger partial charge in [0.15, 0.2) is 0 Å². The van der Waals surface area contributed by atoms with Crippen LogP contribution in [-0.4, -0.2) is 23.2 Å². The van der Waals surface area contributed by atoms with E-state index in [0.29, 0.717) is 5.92 Å². The van der Waals surface area contributed by atoms with E-state index in [2.05, 4.69) is 9.97 Å². The van der Waals surface area contributed by atoms with Crippen LogP contribution in [0.15, 0.2) is 18.2 Å². The number of imidazole rings is 1. The number of halogens is 1. The first-order valence-corrected chi connectivity index (χ1v) is 5.93. The van der Waals surface area contributed by atoms with Gasteiger partial charge in [-0.05, 0) is 31.0 Å². The number of ether oxygens (including phenoxy) is 1. The van der Waals surface area contributed by atoms with Crippen LogP contribution in [-0.2, 0) is 4.74 Å². The molecular formula is C12H13ClN2O. The Bertz CT molecular complexity index is 503. The monoisotopic (exact) mass is 236 g/mol. The number of hydrogen-bond acceptors (Lipinski definition) is 2. The van der Waals surface area contributed by atoms with E-state index in [1.54, 1.807) is 0 Å². The summed E-state index contributed by atoms with van der Waals surface area (Å²) in [5, 5.41) is 0.745. The molecule has 0 spiro atoms. The average Bonchev–Trinajstić information content (AvgIpc) is 2.73. The van der Waals surface area contributed by atoms with Crippen molar-refractivity contribution in [3.63, 3.8) is 0 Å². The van der Waals surface area contributed by atoms with Gasteiger partial charge < -0.3 is 9.72 Å². The summed E-state index contributed by atoms with van der Waals surface area (Å²) in [6.07, 6.45) is 2.10. The van der Waals surface area contributed by atoms with E-state index in [9.17, 15) is 0 Å². The summed E-state index contributed by atoms with van der Waals surface area (Å²) < 4.78 is 5.35. The lowest BCUT2D eigenvalue weighted by atomic mass is 10.00. The molecule has 3 nitrogen and oxygen atoms in total. The van der Waals surface area contributed by atoms with E-state index in [-0.39, 0.29) is 0 Å². The normalized spacial score (nSPS) is 18.1. The minimum atomic E-state index is 0.500. The first-order chi connectivity index (χ1) is 7.83. The van der Waals surface area contributed by atoms with Crippen molar-refractivity contribution in [3.05, 3.63) is 29.0 Å². The molecule has 2 heterocycles.